The zero-order valence-corrected chi connectivity index (χ0v) is 17.0. The molecule has 0 amide bonds. The van der Waals surface area contributed by atoms with E-state index in [1.54, 1.807) is 0 Å². The molecule has 0 spiro atoms. The Bertz CT molecular complexity index is 329. The van der Waals surface area contributed by atoms with E-state index in [4.69, 9.17) is 0 Å². The van der Waals surface area contributed by atoms with Crippen molar-refractivity contribution in [3.63, 3.8) is 0 Å². The summed E-state index contributed by atoms with van der Waals surface area (Å²) < 4.78 is 0. The van der Waals surface area contributed by atoms with Crippen LogP contribution in [0.3, 0.4) is 0 Å². The first-order valence-corrected chi connectivity index (χ1v) is 8.86. The fraction of sp³-hybridized carbons (Fsp3) is 0.941. The normalized spacial score (nSPS) is 24.3. The Balaban J connectivity index is 0.00000242. The molecule has 4 nitrogen and oxygen atoms in total. The first-order valence-electron chi connectivity index (χ1n) is 8.86. The van der Waals surface area contributed by atoms with Crippen molar-refractivity contribution in [1.29, 1.82) is 0 Å². The minimum Gasteiger partial charge on any atom is -0.355 e. The second-order valence-corrected chi connectivity index (χ2v) is 6.94. The second-order valence-electron chi connectivity index (χ2n) is 6.94. The molecule has 0 bridgehead atoms. The number of rotatable bonds is 4. The van der Waals surface area contributed by atoms with Gasteiger partial charge in [0, 0.05) is 39.3 Å². The van der Waals surface area contributed by atoms with Crippen LogP contribution in [-0.2, 0) is 0 Å². The third-order valence-electron chi connectivity index (χ3n) is 5.11. The van der Waals surface area contributed by atoms with Crippen LogP contribution >= 0.6 is 24.0 Å². The van der Waals surface area contributed by atoms with E-state index in [0.29, 0.717) is 0 Å². The van der Waals surface area contributed by atoms with Gasteiger partial charge in [-0.3, -0.25) is 4.99 Å². The molecule has 0 aromatic heterocycles. The Morgan fingerprint density at radius 3 is 2.55 bits per heavy atom. The molecule has 2 rings (SSSR count). The molecule has 1 atom stereocenters. The lowest BCUT2D eigenvalue weighted by molar-refractivity contribution is 0.193. The first kappa shape index (κ1) is 20.0. The van der Waals surface area contributed by atoms with Crippen LogP contribution < -0.4 is 5.32 Å². The number of halogens is 1. The third-order valence-corrected chi connectivity index (χ3v) is 5.11. The highest BCUT2D eigenvalue weighted by Gasteiger charge is 2.20. The monoisotopic (exact) mass is 422 g/mol. The molecule has 2 fully saturated rings. The molecule has 1 unspecified atom stereocenters. The van der Waals surface area contributed by atoms with Gasteiger partial charge in [-0.2, -0.15) is 0 Å². The minimum absolute atomic E-state index is 0. The SMILES string of the molecule is CN=C(NCCN(C)C1CCCCC1)N1CCCC(C)C1.I. The second kappa shape index (κ2) is 10.7. The molecule has 1 saturated carbocycles. The van der Waals surface area contributed by atoms with Crippen molar-refractivity contribution in [3.8, 4) is 0 Å². The van der Waals surface area contributed by atoms with Crippen LogP contribution in [0.5, 0.6) is 0 Å². The molecule has 2 aliphatic rings. The Kier molecular flexibility index (Phi) is 9.71. The Hall–Kier alpha value is -0.0400. The van der Waals surface area contributed by atoms with Crippen LogP contribution in [0.25, 0.3) is 0 Å². The maximum absolute atomic E-state index is 4.47. The fourth-order valence-electron chi connectivity index (χ4n) is 3.76. The molecule has 0 aromatic rings. The van der Waals surface area contributed by atoms with Crippen molar-refractivity contribution in [3.05, 3.63) is 0 Å². The van der Waals surface area contributed by atoms with Gasteiger partial charge in [0.25, 0.3) is 0 Å². The highest BCUT2D eigenvalue weighted by atomic mass is 127. The average molecular weight is 422 g/mol. The lowest BCUT2D eigenvalue weighted by atomic mass is 9.94. The zero-order valence-electron chi connectivity index (χ0n) is 14.7. The third kappa shape index (κ3) is 6.22. The van der Waals surface area contributed by atoms with Gasteiger partial charge in [0.05, 0.1) is 0 Å². The summed E-state index contributed by atoms with van der Waals surface area (Å²) in [6.45, 7) is 6.77. The number of nitrogens with one attached hydrogen (secondary N) is 1. The van der Waals surface area contributed by atoms with Crippen LogP contribution in [-0.4, -0.2) is 62.1 Å². The first-order chi connectivity index (χ1) is 10.2. The van der Waals surface area contributed by atoms with Crippen molar-refractivity contribution in [2.24, 2.45) is 10.9 Å². The van der Waals surface area contributed by atoms with Crippen LogP contribution in [0.2, 0.25) is 0 Å². The van der Waals surface area contributed by atoms with E-state index in [-0.39, 0.29) is 24.0 Å². The van der Waals surface area contributed by atoms with E-state index in [2.05, 4.69) is 34.1 Å². The smallest absolute Gasteiger partial charge is 0.193 e. The molecular weight excluding hydrogens is 387 g/mol. The molecule has 1 N–H and O–H groups in total. The van der Waals surface area contributed by atoms with Gasteiger partial charge >= 0.3 is 0 Å². The molecule has 0 aromatic carbocycles. The largest absolute Gasteiger partial charge is 0.355 e. The van der Waals surface area contributed by atoms with Gasteiger partial charge < -0.3 is 15.1 Å². The maximum atomic E-state index is 4.47. The summed E-state index contributed by atoms with van der Waals surface area (Å²) in [6.07, 6.45) is 9.68. The molecular formula is C17H35IN4. The van der Waals surface area contributed by atoms with Crippen molar-refractivity contribution in [1.82, 2.24) is 15.1 Å². The Morgan fingerprint density at radius 2 is 1.91 bits per heavy atom. The predicted molar refractivity (Wildman–Crippen MR) is 106 cm³/mol. The molecule has 1 aliphatic carbocycles. The van der Waals surface area contributed by atoms with Crippen molar-refractivity contribution >= 4 is 29.9 Å². The zero-order chi connectivity index (χ0) is 15.1. The number of likely N-dealkylation sites (N-methyl/N-ethyl adjacent to an activating group) is 1. The minimum atomic E-state index is 0. The summed E-state index contributed by atoms with van der Waals surface area (Å²) in [5, 5.41) is 3.56. The highest BCUT2D eigenvalue weighted by Crippen LogP contribution is 2.21. The van der Waals surface area contributed by atoms with E-state index in [9.17, 15) is 0 Å². The summed E-state index contributed by atoms with van der Waals surface area (Å²) in [5.41, 5.74) is 0. The van der Waals surface area contributed by atoms with E-state index < -0.39 is 0 Å². The maximum Gasteiger partial charge on any atom is 0.193 e. The molecule has 1 saturated heterocycles. The quantitative estimate of drug-likeness (QED) is 0.429. The standard InChI is InChI=1S/C17H34N4.HI/c1-15-8-7-12-21(14-15)17(18-2)19-11-13-20(3)16-9-5-4-6-10-16;/h15-16H,4-14H2,1-3H3,(H,18,19);1H. The van der Waals surface area contributed by atoms with Gasteiger partial charge in [0.2, 0.25) is 0 Å². The predicted octanol–water partition coefficient (Wildman–Crippen LogP) is 3.18. The Labute approximate surface area is 154 Å². The highest BCUT2D eigenvalue weighted by molar-refractivity contribution is 14.0. The summed E-state index contributed by atoms with van der Waals surface area (Å²) >= 11 is 0. The lowest BCUT2D eigenvalue weighted by Gasteiger charge is -2.34. The molecule has 130 valence electrons. The topological polar surface area (TPSA) is 30.9 Å². The van der Waals surface area contributed by atoms with Gasteiger partial charge in [-0.05, 0) is 38.6 Å². The molecule has 1 aliphatic heterocycles. The number of guanidine groups is 1. The number of hydrogen-bond donors (Lipinski definition) is 1. The number of hydrogen-bond acceptors (Lipinski definition) is 2. The van der Waals surface area contributed by atoms with Crippen LogP contribution in [0.1, 0.15) is 51.9 Å². The summed E-state index contributed by atoms with van der Waals surface area (Å²) in [7, 11) is 4.19. The van der Waals surface area contributed by atoms with Crippen molar-refractivity contribution in [2.45, 2.75) is 57.9 Å². The van der Waals surface area contributed by atoms with Crippen molar-refractivity contribution < 1.29 is 0 Å². The van der Waals surface area contributed by atoms with Gasteiger partial charge in [0.15, 0.2) is 5.96 Å². The summed E-state index contributed by atoms with van der Waals surface area (Å²) in [5.74, 6) is 1.89. The van der Waals surface area contributed by atoms with E-state index in [1.807, 2.05) is 7.05 Å². The Morgan fingerprint density at radius 1 is 1.18 bits per heavy atom. The van der Waals surface area contributed by atoms with Gasteiger partial charge in [-0.1, -0.05) is 26.2 Å². The molecule has 0 radical (unpaired) electrons. The van der Waals surface area contributed by atoms with Crippen LogP contribution in [0.4, 0.5) is 0 Å². The van der Waals surface area contributed by atoms with E-state index in [0.717, 1.165) is 44.1 Å². The molecule has 1 heterocycles. The van der Waals surface area contributed by atoms with Gasteiger partial charge in [-0.15, -0.1) is 24.0 Å². The summed E-state index contributed by atoms with van der Waals surface area (Å²) in [4.78, 5) is 9.43. The number of likely N-dealkylation sites (tertiary alicyclic amines) is 1. The van der Waals surface area contributed by atoms with Crippen molar-refractivity contribution in [2.75, 3.05) is 40.3 Å². The molecule has 5 heteroatoms. The van der Waals surface area contributed by atoms with E-state index >= 15 is 0 Å². The lowest BCUT2D eigenvalue weighted by Crippen LogP contribution is -2.48. The van der Waals surface area contributed by atoms with E-state index in [1.165, 1.54) is 44.9 Å². The van der Waals surface area contributed by atoms with Gasteiger partial charge in [-0.25, -0.2) is 0 Å². The van der Waals surface area contributed by atoms with Crippen LogP contribution in [0.15, 0.2) is 4.99 Å². The summed E-state index contributed by atoms with van der Waals surface area (Å²) in [6, 6.07) is 0.803. The van der Waals surface area contributed by atoms with Gasteiger partial charge in [0.1, 0.15) is 0 Å². The average Bonchev–Trinajstić information content (AvgIpc) is 2.52. The number of nitrogens with zero attached hydrogens (tertiary/aromatic N) is 3. The fourth-order valence-corrected chi connectivity index (χ4v) is 3.76. The number of aliphatic imine (C=N–C) groups is 1. The van der Waals surface area contributed by atoms with Crippen LogP contribution in [0, 0.1) is 5.92 Å². The number of piperidine rings is 1. The molecule has 22 heavy (non-hydrogen) atoms.